The van der Waals surface area contributed by atoms with E-state index >= 15 is 0 Å². The molecule has 0 radical (unpaired) electrons. The van der Waals surface area contributed by atoms with E-state index in [4.69, 9.17) is 20.3 Å². The van der Waals surface area contributed by atoms with Crippen LogP contribution < -0.4 is 0 Å². The summed E-state index contributed by atoms with van der Waals surface area (Å²) in [5.41, 5.74) is 3.04. The number of benzene rings is 3. The van der Waals surface area contributed by atoms with E-state index in [0.29, 0.717) is 19.8 Å². The molecule has 3 aromatic carbocycles. The second kappa shape index (κ2) is 11.9. The quantitative estimate of drug-likeness (QED) is 0.519. The van der Waals surface area contributed by atoms with Gasteiger partial charge in [-0.05, 0) is 16.7 Å². The third-order valence-corrected chi connectivity index (χ3v) is 5.38. The van der Waals surface area contributed by atoms with Crippen molar-refractivity contribution < 1.29 is 25.4 Å². The Kier molecular flexibility index (Phi) is 7.93. The van der Waals surface area contributed by atoms with Crippen LogP contribution in [0.1, 0.15) is 18.1 Å². The summed E-state index contributed by atoms with van der Waals surface area (Å²) in [5, 5.41) is 10.7. The zero-order valence-electron chi connectivity index (χ0n) is 19.0. The smallest absolute Gasteiger partial charge is 0.115 e. The maximum atomic E-state index is 10.7. The van der Waals surface area contributed by atoms with Crippen LogP contribution in [0.15, 0.2) is 91.0 Å². The van der Waals surface area contributed by atoms with Gasteiger partial charge in [-0.2, -0.15) is 0 Å². The molecule has 3 aromatic rings. The Morgan fingerprint density at radius 1 is 0.719 bits per heavy atom. The molecule has 5 heteroatoms. The molecule has 5 atom stereocenters. The molecule has 0 amide bonds. The van der Waals surface area contributed by atoms with Crippen molar-refractivity contribution in [3.05, 3.63) is 108 Å². The molecule has 1 aliphatic heterocycles. The van der Waals surface area contributed by atoms with Gasteiger partial charge in [-0.3, -0.25) is 0 Å². The van der Waals surface area contributed by atoms with Crippen LogP contribution in [0, 0.1) is 0 Å². The van der Waals surface area contributed by atoms with Crippen LogP contribution in [0.2, 0.25) is 0 Å². The predicted octanol–water partition coefficient (Wildman–Crippen LogP) is 4.13. The number of aliphatic hydroxyl groups excluding tert-OH is 1. The molecule has 32 heavy (non-hydrogen) atoms. The normalized spacial score (nSPS) is 25.9. The zero-order valence-corrected chi connectivity index (χ0v) is 18.0. The molecule has 0 bridgehead atoms. The van der Waals surface area contributed by atoms with Crippen molar-refractivity contribution >= 4 is 0 Å². The SMILES string of the molecule is [2H][C@H]1O[C@H](COCc2ccccc2)[C@@H](OCc2ccccc2)[C@H](OCc2ccccc2)[C@H]1O. The molecule has 1 fully saturated rings. The lowest BCUT2D eigenvalue weighted by Gasteiger charge is -2.40. The van der Waals surface area contributed by atoms with Crippen molar-refractivity contribution in [3.8, 4) is 0 Å². The Morgan fingerprint density at radius 3 is 1.72 bits per heavy atom. The Balaban J connectivity index is 1.46. The molecule has 1 aliphatic rings. The molecule has 1 N–H and O–H groups in total. The average Bonchev–Trinajstić information content (AvgIpc) is 2.86. The molecule has 168 valence electrons. The fourth-order valence-electron chi connectivity index (χ4n) is 3.67. The highest BCUT2D eigenvalue weighted by Crippen LogP contribution is 2.24. The number of rotatable bonds is 10. The minimum absolute atomic E-state index is 0.224. The monoisotopic (exact) mass is 435 g/mol. The lowest BCUT2D eigenvalue weighted by atomic mass is 9.99. The molecule has 5 nitrogen and oxygen atoms in total. The van der Waals surface area contributed by atoms with Crippen LogP contribution in [0.5, 0.6) is 0 Å². The molecule has 4 rings (SSSR count). The maximum absolute atomic E-state index is 10.7. The molecular formula is C27H30O5. The minimum atomic E-state index is -1.15. The fraction of sp³-hybridized carbons (Fsp3) is 0.333. The fourth-order valence-corrected chi connectivity index (χ4v) is 3.67. The van der Waals surface area contributed by atoms with Crippen LogP contribution in [-0.4, -0.2) is 42.7 Å². The zero-order chi connectivity index (χ0) is 22.9. The number of hydrogen-bond acceptors (Lipinski definition) is 5. The van der Waals surface area contributed by atoms with Gasteiger partial charge in [0.05, 0.1) is 34.4 Å². The molecular weight excluding hydrogens is 404 g/mol. The molecule has 1 saturated heterocycles. The Bertz CT molecular complexity index is 941. The standard InChI is InChI=1S/C27H30O5/c28-24-19-30-25(20-29-16-21-10-4-1-5-11-21)27(32-18-23-14-8-3-9-15-23)26(24)31-17-22-12-6-2-7-13-22/h1-15,24-28H,16-20H2/t24-,25+,26+,27+/m0/s1/i19D/t19-,24+,25-,26-,27-/m1. The molecule has 0 aromatic heterocycles. The topological polar surface area (TPSA) is 57.2 Å². The van der Waals surface area contributed by atoms with Gasteiger partial charge in [-0.25, -0.2) is 0 Å². The van der Waals surface area contributed by atoms with E-state index in [1.165, 1.54) is 0 Å². The summed E-state index contributed by atoms with van der Waals surface area (Å²) in [7, 11) is 0. The van der Waals surface area contributed by atoms with Crippen molar-refractivity contribution in [3.63, 3.8) is 0 Å². The third-order valence-electron chi connectivity index (χ3n) is 5.38. The lowest BCUT2D eigenvalue weighted by molar-refractivity contribution is -0.234. The number of ether oxygens (including phenoxy) is 4. The maximum Gasteiger partial charge on any atom is 0.115 e. The van der Waals surface area contributed by atoms with Gasteiger partial charge < -0.3 is 24.1 Å². The minimum Gasteiger partial charge on any atom is -0.388 e. The van der Waals surface area contributed by atoms with Crippen LogP contribution in [0.3, 0.4) is 0 Å². The predicted molar refractivity (Wildman–Crippen MR) is 122 cm³/mol. The first-order valence-electron chi connectivity index (χ1n) is 11.5. The van der Waals surface area contributed by atoms with Gasteiger partial charge in [0.25, 0.3) is 0 Å². The summed E-state index contributed by atoms with van der Waals surface area (Å²) in [6, 6.07) is 29.4. The van der Waals surface area contributed by atoms with E-state index in [1.54, 1.807) is 0 Å². The van der Waals surface area contributed by atoms with Gasteiger partial charge >= 0.3 is 0 Å². The first-order chi connectivity index (χ1) is 16.2. The van der Waals surface area contributed by atoms with E-state index in [2.05, 4.69) is 0 Å². The summed E-state index contributed by atoms with van der Waals surface area (Å²) in [4.78, 5) is 0. The van der Waals surface area contributed by atoms with Crippen LogP contribution in [-0.2, 0) is 38.8 Å². The van der Waals surface area contributed by atoms with Crippen LogP contribution >= 0.6 is 0 Å². The molecule has 0 saturated carbocycles. The summed E-state index contributed by atoms with van der Waals surface area (Å²) in [6.07, 6.45) is -3.01. The van der Waals surface area contributed by atoms with Crippen molar-refractivity contribution in [1.82, 2.24) is 0 Å². The molecule has 0 spiro atoms. The van der Waals surface area contributed by atoms with E-state index < -0.39 is 31.0 Å². The van der Waals surface area contributed by atoms with Crippen molar-refractivity contribution in [1.29, 1.82) is 0 Å². The second-order valence-electron chi connectivity index (χ2n) is 7.82. The van der Waals surface area contributed by atoms with E-state index in [-0.39, 0.29) is 6.61 Å². The Hall–Kier alpha value is -2.54. The van der Waals surface area contributed by atoms with Gasteiger partial charge in [-0.15, -0.1) is 0 Å². The van der Waals surface area contributed by atoms with Crippen molar-refractivity contribution in [2.45, 2.75) is 44.2 Å². The molecule has 1 heterocycles. The second-order valence-corrected chi connectivity index (χ2v) is 7.82. The van der Waals surface area contributed by atoms with E-state index in [0.717, 1.165) is 16.7 Å². The van der Waals surface area contributed by atoms with E-state index in [9.17, 15) is 5.11 Å². The van der Waals surface area contributed by atoms with Gasteiger partial charge in [0, 0.05) is 0 Å². The first kappa shape index (κ1) is 21.3. The molecule has 0 unspecified atom stereocenters. The summed E-state index contributed by atoms with van der Waals surface area (Å²) < 4.78 is 32.3. The Labute approximate surface area is 190 Å². The molecule has 0 aliphatic carbocycles. The lowest BCUT2D eigenvalue weighted by Crippen LogP contribution is -2.56. The van der Waals surface area contributed by atoms with Gasteiger partial charge in [0.15, 0.2) is 0 Å². The Morgan fingerprint density at radius 2 is 1.19 bits per heavy atom. The largest absolute Gasteiger partial charge is 0.388 e. The number of hydrogen-bond donors (Lipinski definition) is 1. The van der Waals surface area contributed by atoms with E-state index in [1.807, 2.05) is 91.0 Å². The van der Waals surface area contributed by atoms with Crippen LogP contribution in [0.4, 0.5) is 0 Å². The summed E-state index contributed by atoms with van der Waals surface area (Å²) >= 11 is 0. The highest BCUT2D eigenvalue weighted by molar-refractivity contribution is 5.15. The highest BCUT2D eigenvalue weighted by atomic mass is 16.6. The first-order valence-corrected chi connectivity index (χ1v) is 10.9. The van der Waals surface area contributed by atoms with Crippen molar-refractivity contribution in [2.75, 3.05) is 13.2 Å². The number of aliphatic hydroxyl groups is 1. The summed E-state index contributed by atoms with van der Waals surface area (Å²) in [6.45, 7) is 0.143. The van der Waals surface area contributed by atoms with Crippen LogP contribution in [0.25, 0.3) is 0 Å². The van der Waals surface area contributed by atoms with Gasteiger partial charge in [0.2, 0.25) is 0 Å². The van der Waals surface area contributed by atoms with Crippen molar-refractivity contribution in [2.24, 2.45) is 0 Å². The highest BCUT2D eigenvalue weighted by Gasteiger charge is 2.41. The third kappa shape index (κ3) is 6.48. The van der Waals surface area contributed by atoms with Gasteiger partial charge in [-0.1, -0.05) is 91.0 Å². The summed E-state index contributed by atoms with van der Waals surface area (Å²) in [5.74, 6) is 0. The van der Waals surface area contributed by atoms with Gasteiger partial charge in [0.1, 0.15) is 24.4 Å². The average molecular weight is 436 g/mol.